The number of hydrogen-bond acceptors (Lipinski definition) is 4. The van der Waals surface area contributed by atoms with Gasteiger partial charge in [-0.15, -0.1) is 11.3 Å². The SMILES string of the molecule is N#CC(=Cc1ccc(-c2cccc(Cl)c2)o1)c1nc(-c2ccc3ccccc3c2)cs1. The van der Waals surface area contributed by atoms with Gasteiger partial charge in [-0.2, -0.15) is 5.26 Å². The lowest BCUT2D eigenvalue weighted by molar-refractivity contribution is 0.572. The third kappa shape index (κ3) is 4.02. The normalized spacial score (nSPS) is 11.5. The molecule has 0 bridgehead atoms. The molecule has 148 valence electrons. The van der Waals surface area contributed by atoms with Crippen LogP contribution in [-0.4, -0.2) is 4.98 Å². The predicted molar refractivity (Wildman–Crippen MR) is 128 cm³/mol. The minimum Gasteiger partial charge on any atom is -0.457 e. The predicted octanol–water partition coefficient (Wildman–Crippen LogP) is 7.94. The number of allylic oxidation sites excluding steroid dienone is 1. The second-order valence-corrected chi connectivity index (χ2v) is 8.28. The lowest BCUT2D eigenvalue weighted by Crippen LogP contribution is -1.83. The maximum absolute atomic E-state index is 9.71. The van der Waals surface area contributed by atoms with Gasteiger partial charge in [0.15, 0.2) is 0 Å². The number of halogens is 1. The van der Waals surface area contributed by atoms with Crippen LogP contribution in [0.2, 0.25) is 5.02 Å². The first-order valence-corrected chi connectivity index (χ1v) is 10.9. The number of furan rings is 1. The Morgan fingerprint density at radius 2 is 1.81 bits per heavy atom. The molecule has 0 aliphatic heterocycles. The van der Waals surface area contributed by atoms with E-state index < -0.39 is 0 Å². The van der Waals surface area contributed by atoms with Crippen LogP contribution in [0.3, 0.4) is 0 Å². The zero-order valence-electron chi connectivity index (χ0n) is 16.2. The van der Waals surface area contributed by atoms with Crippen molar-refractivity contribution in [3.8, 4) is 28.7 Å². The van der Waals surface area contributed by atoms with Gasteiger partial charge in [-0.3, -0.25) is 0 Å². The molecule has 0 aliphatic rings. The van der Waals surface area contributed by atoms with Gasteiger partial charge in [0.05, 0.1) is 11.3 Å². The smallest absolute Gasteiger partial charge is 0.134 e. The van der Waals surface area contributed by atoms with Crippen molar-refractivity contribution in [1.29, 1.82) is 5.26 Å². The van der Waals surface area contributed by atoms with Gasteiger partial charge in [0, 0.05) is 27.6 Å². The molecule has 0 saturated heterocycles. The summed E-state index contributed by atoms with van der Waals surface area (Å²) in [5.41, 5.74) is 3.23. The van der Waals surface area contributed by atoms with E-state index in [1.165, 1.54) is 16.7 Å². The van der Waals surface area contributed by atoms with Crippen LogP contribution in [0, 0.1) is 11.3 Å². The average Bonchev–Trinajstić information content (AvgIpc) is 3.47. The second-order valence-electron chi connectivity index (χ2n) is 6.98. The number of fused-ring (bicyclic) bond motifs is 1. The molecule has 2 heterocycles. The standard InChI is InChI=1S/C26H15ClN2OS/c27-22-7-3-6-20(13-22)25-11-10-23(30-25)14-21(15-28)26-29-24(16-31-26)19-9-8-17-4-1-2-5-18(17)12-19/h1-14,16H. The van der Waals surface area contributed by atoms with Crippen LogP contribution in [0.15, 0.2) is 88.7 Å². The molecule has 5 rings (SSSR count). The van der Waals surface area contributed by atoms with Crippen molar-refractivity contribution in [2.45, 2.75) is 0 Å². The van der Waals surface area contributed by atoms with Crippen LogP contribution in [0.4, 0.5) is 0 Å². The molecule has 2 aromatic heterocycles. The van der Waals surface area contributed by atoms with Crippen LogP contribution < -0.4 is 0 Å². The Morgan fingerprint density at radius 1 is 0.935 bits per heavy atom. The molecule has 3 nitrogen and oxygen atoms in total. The number of benzene rings is 3. The summed E-state index contributed by atoms with van der Waals surface area (Å²) >= 11 is 7.52. The number of nitrogens with zero attached hydrogens (tertiary/aromatic N) is 2. The fourth-order valence-corrected chi connectivity index (χ4v) is 4.38. The van der Waals surface area contributed by atoms with Crippen molar-refractivity contribution in [2.75, 3.05) is 0 Å². The molecule has 0 radical (unpaired) electrons. The molecule has 0 spiro atoms. The summed E-state index contributed by atoms with van der Waals surface area (Å²) in [5, 5.41) is 15.3. The molecule has 0 fully saturated rings. The van der Waals surface area contributed by atoms with Crippen LogP contribution >= 0.6 is 22.9 Å². The third-order valence-corrected chi connectivity index (χ3v) is 6.03. The highest BCUT2D eigenvalue weighted by molar-refractivity contribution is 7.11. The highest BCUT2D eigenvalue weighted by atomic mass is 35.5. The Balaban J connectivity index is 1.45. The molecular formula is C26H15ClN2OS. The minimum atomic E-state index is 0.462. The maximum Gasteiger partial charge on any atom is 0.134 e. The van der Waals surface area contributed by atoms with Crippen LogP contribution in [0.5, 0.6) is 0 Å². The van der Waals surface area contributed by atoms with Crippen molar-refractivity contribution in [2.24, 2.45) is 0 Å². The van der Waals surface area contributed by atoms with E-state index in [0.29, 0.717) is 27.1 Å². The summed E-state index contributed by atoms with van der Waals surface area (Å²) < 4.78 is 5.91. The molecular weight excluding hydrogens is 424 g/mol. The van der Waals surface area contributed by atoms with E-state index in [4.69, 9.17) is 21.0 Å². The Bertz CT molecular complexity index is 1470. The zero-order chi connectivity index (χ0) is 21.2. The molecule has 31 heavy (non-hydrogen) atoms. The Labute approximate surface area is 188 Å². The number of rotatable bonds is 4. The first-order chi connectivity index (χ1) is 15.2. The fourth-order valence-electron chi connectivity index (χ4n) is 3.39. The molecule has 0 saturated carbocycles. The van der Waals surface area contributed by atoms with Gasteiger partial charge in [0.25, 0.3) is 0 Å². The lowest BCUT2D eigenvalue weighted by atomic mass is 10.1. The zero-order valence-corrected chi connectivity index (χ0v) is 17.8. The molecule has 0 amide bonds. The van der Waals surface area contributed by atoms with E-state index in [9.17, 15) is 5.26 Å². The van der Waals surface area contributed by atoms with Gasteiger partial charge in [0.1, 0.15) is 22.6 Å². The lowest BCUT2D eigenvalue weighted by Gasteiger charge is -2.00. The van der Waals surface area contributed by atoms with Gasteiger partial charge in [-0.25, -0.2) is 4.98 Å². The quantitative estimate of drug-likeness (QED) is 0.267. The third-order valence-electron chi connectivity index (χ3n) is 4.92. The number of nitriles is 1. The Kier molecular flexibility index (Phi) is 5.13. The largest absolute Gasteiger partial charge is 0.457 e. The van der Waals surface area contributed by atoms with Gasteiger partial charge in [-0.05, 0) is 41.1 Å². The topological polar surface area (TPSA) is 49.8 Å². The van der Waals surface area contributed by atoms with E-state index in [2.05, 4.69) is 36.4 Å². The first kappa shape index (κ1) is 19.3. The minimum absolute atomic E-state index is 0.462. The Morgan fingerprint density at radius 3 is 2.65 bits per heavy atom. The number of thiazole rings is 1. The Hall–Kier alpha value is -3.65. The molecule has 0 aliphatic carbocycles. The molecule has 0 unspecified atom stereocenters. The summed E-state index contributed by atoms with van der Waals surface area (Å²) in [7, 11) is 0. The monoisotopic (exact) mass is 438 g/mol. The van der Waals surface area contributed by atoms with Gasteiger partial charge in [0.2, 0.25) is 0 Å². The molecule has 3 aromatic carbocycles. The molecule has 0 atom stereocenters. The van der Waals surface area contributed by atoms with Gasteiger partial charge < -0.3 is 4.42 Å². The molecule has 0 N–H and O–H groups in total. The summed E-state index contributed by atoms with van der Waals surface area (Å²) in [6, 6.07) is 27.9. The summed E-state index contributed by atoms with van der Waals surface area (Å²) in [4.78, 5) is 4.70. The van der Waals surface area contributed by atoms with Crippen molar-refractivity contribution in [3.05, 3.63) is 100 Å². The van der Waals surface area contributed by atoms with E-state index in [0.717, 1.165) is 22.2 Å². The van der Waals surface area contributed by atoms with Crippen molar-refractivity contribution < 1.29 is 4.42 Å². The highest BCUT2D eigenvalue weighted by Gasteiger charge is 2.11. The van der Waals surface area contributed by atoms with E-state index >= 15 is 0 Å². The van der Waals surface area contributed by atoms with Crippen molar-refractivity contribution >= 4 is 45.4 Å². The summed E-state index contributed by atoms with van der Waals surface area (Å²) in [6.07, 6.45) is 1.72. The van der Waals surface area contributed by atoms with Crippen LogP contribution in [0.25, 0.3) is 45.0 Å². The molecule has 5 aromatic rings. The summed E-state index contributed by atoms with van der Waals surface area (Å²) in [5.74, 6) is 1.29. The van der Waals surface area contributed by atoms with Crippen LogP contribution in [0.1, 0.15) is 10.8 Å². The maximum atomic E-state index is 9.71. The average molecular weight is 439 g/mol. The van der Waals surface area contributed by atoms with Gasteiger partial charge >= 0.3 is 0 Å². The first-order valence-electron chi connectivity index (χ1n) is 9.62. The van der Waals surface area contributed by atoms with Crippen molar-refractivity contribution in [1.82, 2.24) is 4.98 Å². The number of hydrogen-bond donors (Lipinski definition) is 0. The van der Waals surface area contributed by atoms with Crippen molar-refractivity contribution in [3.63, 3.8) is 0 Å². The second kappa shape index (κ2) is 8.23. The van der Waals surface area contributed by atoms with E-state index in [1.807, 2.05) is 53.9 Å². The van der Waals surface area contributed by atoms with Crippen LogP contribution in [-0.2, 0) is 0 Å². The molecule has 5 heteroatoms. The fraction of sp³-hybridized carbons (Fsp3) is 0. The highest BCUT2D eigenvalue weighted by Crippen LogP contribution is 2.31. The van der Waals surface area contributed by atoms with E-state index in [1.54, 1.807) is 6.08 Å². The van der Waals surface area contributed by atoms with E-state index in [-0.39, 0.29) is 0 Å². The number of aromatic nitrogens is 1. The van der Waals surface area contributed by atoms with Gasteiger partial charge in [-0.1, -0.05) is 60.1 Å². The summed E-state index contributed by atoms with van der Waals surface area (Å²) in [6.45, 7) is 0.